The Balaban J connectivity index is 1.76. The van der Waals surface area contributed by atoms with Crippen molar-refractivity contribution in [1.29, 1.82) is 0 Å². The molecule has 1 aromatic rings. The molecule has 1 aliphatic carbocycles. The first-order valence-corrected chi connectivity index (χ1v) is 11.2. The van der Waals surface area contributed by atoms with Crippen LogP contribution in [0.5, 0.6) is 0 Å². The van der Waals surface area contributed by atoms with E-state index in [1.165, 1.54) is 29.5 Å². The molecule has 1 saturated carbocycles. The molecule has 0 bridgehead atoms. The topological polar surface area (TPSA) is 75.5 Å². The number of nitrogens with zero attached hydrogens (tertiary/aromatic N) is 4. The van der Waals surface area contributed by atoms with Crippen molar-refractivity contribution in [2.45, 2.75) is 57.2 Å². The van der Waals surface area contributed by atoms with Crippen LogP contribution >= 0.6 is 0 Å². The highest BCUT2D eigenvalue weighted by atomic mass is 32.2. The van der Waals surface area contributed by atoms with Gasteiger partial charge < -0.3 is 4.90 Å². The molecule has 1 amide bonds. The molecule has 0 aromatic carbocycles. The lowest BCUT2D eigenvalue weighted by Crippen LogP contribution is -2.44. The molecule has 0 spiro atoms. The lowest BCUT2D eigenvalue weighted by atomic mass is 10.2. The van der Waals surface area contributed by atoms with Gasteiger partial charge in [0.2, 0.25) is 15.9 Å². The molecule has 2 heterocycles. The van der Waals surface area contributed by atoms with Crippen LogP contribution in [0.3, 0.4) is 0 Å². The highest BCUT2D eigenvalue weighted by Gasteiger charge is 2.33. The Hall–Kier alpha value is -1.67. The molecule has 0 N–H and O–H groups in total. The number of hydrogen-bond donors (Lipinski definition) is 0. The van der Waals surface area contributed by atoms with Crippen LogP contribution in [0.4, 0.5) is 0 Å². The molecule has 1 atom stereocenters. The van der Waals surface area contributed by atoms with E-state index in [0.29, 0.717) is 25.7 Å². The van der Waals surface area contributed by atoms with Gasteiger partial charge in [-0.1, -0.05) is 19.4 Å². The Kier molecular flexibility index (Phi) is 5.82. The van der Waals surface area contributed by atoms with Crippen LogP contribution in [0.2, 0.25) is 0 Å². The molecular formula is C18H28N4O3S. The Bertz CT molecular complexity index is 752. The molecule has 1 saturated heterocycles. The molecule has 1 aliphatic heterocycles. The minimum absolute atomic E-state index is 0.170. The third-order valence-corrected chi connectivity index (χ3v) is 6.77. The number of carbonyl (C=O) groups is 1. The number of amides is 1. The van der Waals surface area contributed by atoms with Gasteiger partial charge in [0.15, 0.2) is 0 Å². The summed E-state index contributed by atoms with van der Waals surface area (Å²) in [5.74, 6) is -0.176. The van der Waals surface area contributed by atoms with Gasteiger partial charge in [0.05, 0.1) is 24.5 Å². The standard InChI is InChI=1S/C18H28N4O3S/c1-3-18(23)20(13-16-9-6-12-21(16)26(2,24)25)14-17-10-11-19-22(17)15-7-4-5-8-15/h3,10-11,15-16H,1,4-9,12-14H2,2H3/t16-/m1/s1. The van der Waals surface area contributed by atoms with Crippen molar-refractivity contribution in [2.24, 2.45) is 0 Å². The Morgan fingerprint density at radius 3 is 2.73 bits per heavy atom. The fourth-order valence-corrected chi connectivity index (χ4v) is 5.36. The average molecular weight is 381 g/mol. The third kappa shape index (κ3) is 4.17. The normalized spacial score (nSPS) is 22.0. The second kappa shape index (κ2) is 7.92. The molecule has 144 valence electrons. The summed E-state index contributed by atoms with van der Waals surface area (Å²) in [5.41, 5.74) is 0.996. The monoisotopic (exact) mass is 380 g/mol. The fraction of sp³-hybridized carbons (Fsp3) is 0.667. The molecule has 2 aliphatic rings. The van der Waals surface area contributed by atoms with Crippen LogP contribution in [0.25, 0.3) is 0 Å². The van der Waals surface area contributed by atoms with Gasteiger partial charge in [0.1, 0.15) is 0 Å². The maximum absolute atomic E-state index is 12.4. The second-order valence-corrected chi connectivity index (χ2v) is 9.23. The maximum Gasteiger partial charge on any atom is 0.246 e. The van der Waals surface area contributed by atoms with Crippen LogP contribution in [0.15, 0.2) is 24.9 Å². The number of hydrogen-bond acceptors (Lipinski definition) is 4. The summed E-state index contributed by atoms with van der Waals surface area (Å²) < 4.78 is 27.6. The summed E-state index contributed by atoms with van der Waals surface area (Å²) in [4.78, 5) is 14.1. The zero-order chi connectivity index (χ0) is 18.7. The van der Waals surface area contributed by atoms with E-state index in [-0.39, 0.29) is 11.9 Å². The predicted octanol–water partition coefficient (Wildman–Crippen LogP) is 1.94. The van der Waals surface area contributed by atoms with E-state index in [9.17, 15) is 13.2 Å². The van der Waals surface area contributed by atoms with E-state index in [1.54, 1.807) is 11.1 Å². The molecule has 3 rings (SSSR count). The van der Waals surface area contributed by atoms with E-state index in [1.807, 2.05) is 10.7 Å². The van der Waals surface area contributed by atoms with E-state index in [4.69, 9.17) is 0 Å². The molecule has 0 unspecified atom stereocenters. The van der Waals surface area contributed by atoms with E-state index in [0.717, 1.165) is 31.4 Å². The van der Waals surface area contributed by atoms with Crippen molar-refractivity contribution >= 4 is 15.9 Å². The first-order valence-electron chi connectivity index (χ1n) is 9.30. The van der Waals surface area contributed by atoms with Gasteiger partial charge in [-0.3, -0.25) is 9.48 Å². The van der Waals surface area contributed by atoms with Crippen molar-refractivity contribution in [3.63, 3.8) is 0 Å². The van der Waals surface area contributed by atoms with Gasteiger partial charge >= 0.3 is 0 Å². The van der Waals surface area contributed by atoms with Crippen molar-refractivity contribution in [1.82, 2.24) is 19.0 Å². The number of rotatable bonds is 7. The summed E-state index contributed by atoms with van der Waals surface area (Å²) >= 11 is 0. The molecule has 26 heavy (non-hydrogen) atoms. The summed E-state index contributed by atoms with van der Waals surface area (Å²) in [7, 11) is -3.26. The van der Waals surface area contributed by atoms with Crippen molar-refractivity contribution in [3.05, 3.63) is 30.6 Å². The van der Waals surface area contributed by atoms with E-state index < -0.39 is 10.0 Å². The fourth-order valence-electron chi connectivity index (χ4n) is 4.18. The van der Waals surface area contributed by atoms with Gasteiger partial charge in [-0.25, -0.2) is 8.42 Å². The smallest absolute Gasteiger partial charge is 0.246 e. The molecular weight excluding hydrogens is 352 g/mol. The van der Waals surface area contributed by atoms with Gasteiger partial charge in [0, 0.05) is 25.3 Å². The van der Waals surface area contributed by atoms with E-state index in [2.05, 4.69) is 11.7 Å². The number of aromatic nitrogens is 2. The summed E-state index contributed by atoms with van der Waals surface area (Å²) in [6, 6.07) is 2.18. The third-order valence-electron chi connectivity index (χ3n) is 5.44. The van der Waals surface area contributed by atoms with Gasteiger partial charge in [-0.2, -0.15) is 9.40 Å². The first kappa shape index (κ1) is 19.1. The first-order chi connectivity index (χ1) is 12.4. The SMILES string of the molecule is C=CC(=O)N(Cc1ccnn1C1CCCC1)C[C@H]1CCCN1S(C)(=O)=O. The van der Waals surface area contributed by atoms with Gasteiger partial charge in [-0.05, 0) is 37.8 Å². The van der Waals surface area contributed by atoms with Crippen LogP contribution in [0.1, 0.15) is 50.3 Å². The second-order valence-electron chi connectivity index (χ2n) is 7.30. The average Bonchev–Trinajstić information content (AvgIpc) is 3.33. The zero-order valence-corrected chi connectivity index (χ0v) is 16.2. The Morgan fingerprint density at radius 1 is 1.35 bits per heavy atom. The minimum atomic E-state index is -3.26. The van der Waals surface area contributed by atoms with E-state index >= 15 is 0 Å². The predicted molar refractivity (Wildman–Crippen MR) is 99.9 cm³/mol. The lowest BCUT2D eigenvalue weighted by molar-refractivity contribution is -0.127. The van der Waals surface area contributed by atoms with Crippen LogP contribution < -0.4 is 0 Å². The number of carbonyl (C=O) groups excluding carboxylic acids is 1. The maximum atomic E-state index is 12.4. The van der Waals surface area contributed by atoms with Gasteiger partial charge in [0.25, 0.3) is 0 Å². The summed E-state index contributed by atoms with van der Waals surface area (Å²) in [6.07, 6.45) is 10.6. The number of sulfonamides is 1. The molecule has 1 aromatic heterocycles. The van der Waals surface area contributed by atoms with Crippen molar-refractivity contribution < 1.29 is 13.2 Å². The Morgan fingerprint density at radius 2 is 2.08 bits per heavy atom. The highest BCUT2D eigenvalue weighted by Crippen LogP contribution is 2.30. The van der Waals surface area contributed by atoms with Crippen molar-refractivity contribution in [3.8, 4) is 0 Å². The lowest BCUT2D eigenvalue weighted by Gasteiger charge is -2.29. The summed E-state index contributed by atoms with van der Waals surface area (Å²) in [5, 5.41) is 4.47. The summed E-state index contributed by atoms with van der Waals surface area (Å²) in [6.45, 7) is 4.94. The quantitative estimate of drug-likeness (QED) is 0.678. The van der Waals surface area contributed by atoms with Crippen molar-refractivity contribution in [2.75, 3.05) is 19.3 Å². The molecule has 8 heteroatoms. The molecule has 0 radical (unpaired) electrons. The molecule has 7 nitrogen and oxygen atoms in total. The van der Waals surface area contributed by atoms with Gasteiger partial charge in [-0.15, -0.1) is 0 Å². The Labute approximate surface area is 155 Å². The zero-order valence-electron chi connectivity index (χ0n) is 15.4. The van der Waals surface area contributed by atoms with Crippen LogP contribution in [0, 0.1) is 0 Å². The van der Waals surface area contributed by atoms with Crippen LogP contribution in [-0.2, 0) is 21.4 Å². The largest absolute Gasteiger partial charge is 0.332 e. The minimum Gasteiger partial charge on any atom is -0.332 e. The molecule has 2 fully saturated rings. The van der Waals surface area contributed by atoms with Crippen LogP contribution in [-0.4, -0.2) is 58.7 Å². The highest BCUT2D eigenvalue weighted by molar-refractivity contribution is 7.88.